The predicted molar refractivity (Wildman–Crippen MR) is 108 cm³/mol. The molecule has 0 radical (unpaired) electrons. The van der Waals surface area contributed by atoms with E-state index >= 15 is 0 Å². The maximum absolute atomic E-state index is 9.90. The highest BCUT2D eigenvalue weighted by Crippen LogP contribution is 2.22. The molecule has 0 amide bonds. The second-order valence-corrected chi connectivity index (χ2v) is 5.14. The fraction of sp³-hybridized carbons (Fsp3) is 0.438. The smallest absolute Gasteiger partial charge is 0.191 e. The van der Waals surface area contributed by atoms with Crippen LogP contribution in [0.5, 0.6) is 11.5 Å². The molecule has 138 valence electrons. The van der Waals surface area contributed by atoms with Gasteiger partial charge in [-0.25, -0.2) is 0 Å². The monoisotopic (exact) mass is 460 g/mol. The molecular weight excluding hydrogens is 435 g/mol. The Bertz CT molecular complexity index is 689. The lowest BCUT2D eigenvalue weighted by atomic mass is 10.2. The van der Waals surface area contributed by atoms with E-state index in [1.54, 1.807) is 38.7 Å². The lowest BCUT2D eigenvalue weighted by molar-refractivity contribution is 0.410. The van der Waals surface area contributed by atoms with E-state index in [0.29, 0.717) is 24.8 Å². The van der Waals surface area contributed by atoms with Gasteiger partial charge in [-0.15, -0.1) is 34.2 Å². The van der Waals surface area contributed by atoms with Gasteiger partial charge in [-0.2, -0.15) is 0 Å². The second-order valence-electron chi connectivity index (χ2n) is 5.14. The normalized spacial score (nSPS) is 10.9. The zero-order valence-electron chi connectivity index (χ0n) is 14.7. The van der Waals surface area contributed by atoms with Crippen molar-refractivity contribution < 1.29 is 9.84 Å². The van der Waals surface area contributed by atoms with Crippen LogP contribution in [0, 0.1) is 0 Å². The minimum absolute atomic E-state index is 0. The number of nitrogens with zero attached hydrogens (tertiary/aromatic N) is 4. The first-order valence-corrected chi connectivity index (χ1v) is 7.85. The van der Waals surface area contributed by atoms with Crippen molar-refractivity contribution in [2.24, 2.45) is 4.99 Å². The van der Waals surface area contributed by atoms with Crippen LogP contribution in [0.1, 0.15) is 18.3 Å². The topological polar surface area (TPSA) is 96.6 Å². The number of phenols is 1. The van der Waals surface area contributed by atoms with Gasteiger partial charge in [0.1, 0.15) is 23.7 Å². The highest BCUT2D eigenvalue weighted by molar-refractivity contribution is 14.0. The van der Waals surface area contributed by atoms with Crippen molar-refractivity contribution in [1.82, 2.24) is 25.4 Å². The number of aromatic hydroxyl groups is 1. The predicted octanol–water partition coefficient (Wildman–Crippen LogP) is 1.54. The van der Waals surface area contributed by atoms with E-state index in [9.17, 15) is 5.11 Å². The third-order valence-corrected chi connectivity index (χ3v) is 3.61. The van der Waals surface area contributed by atoms with Crippen LogP contribution in [0.2, 0.25) is 0 Å². The van der Waals surface area contributed by atoms with E-state index in [-0.39, 0.29) is 29.7 Å². The van der Waals surface area contributed by atoms with Crippen molar-refractivity contribution >= 4 is 29.9 Å². The Morgan fingerprint density at radius 2 is 2.16 bits per heavy atom. The zero-order chi connectivity index (χ0) is 17.4. The summed E-state index contributed by atoms with van der Waals surface area (Å²) in [5, 5.41) is 24.3. The van der Waals surface area contributed by atoms with Crippen LogP contribution >= 0.6 is 24.0 Å². The maximum Gasteiger partial charge on any atom is 0.191 e. The molecule has 9 heteroatoms. The Morgan fingerprint density at radius 3 is 2.84 bits per heavy atom. The van der Waals surface area contributed by atoms with E-state index in [2.05, 4.69) is 32.7 Å². The molecule has 0 unspecified atom stereocenters. The van der Waals surface area contributed by atoms with Crippen molar-refractivity contribution in [3.8, 4) is 11.5 Å². The van der Waals surface area contributed by atoms with Crippen molar-refractivity contribution in [2.45, 2.75) is 26.4 Å². The molecule has 0 fully saturated rings. The molecule has 2 aromatic rings. The standard InChI is InChI=1S/C16H24N6O2.HI/c1-4-15-21-20-11-22(15)8-7-18-16(17-2)19-10-12-9-13(24-3)5-6-14(12)23;/h5-6,9,11,23H,4,7-8,10H2,1-3H3,(H2,17,18,19);1H. The van der Waals surface area contributed by atoms with Gasteiger partial charge in [-0.05, 0) is 18.2 Å². The molecule has 8 nitrogen and oxygen atoms in total. The van der Waals surface area contributed by atoms with Gasteiger partial charge in [-0.1, -0.05) is 6.92 Å². The molecule has 0 aliphatic carbocycles. The number of aliphatic imine (C=N–C) groups is 1. The van der Waals surface area contributed by atoms with E-state index < -0.39 is 0 Å². The van der Waals surface area contributed by atoms with Gasteiger partial charge in [-0.3, -0.25) is 4.99 Å². The van der Waals surface area contributed by atoms with Crippen LogP contribution in [-0.4, -0.2) is 46.5 Å². The third-order valence-electron chi connectivity index (χ3n) is 3.61. The quantitative estimate of drug-likeness (QED) is 0.330. The number of hydrogen-bond donors (Lipinski definition) is 3. The summed E-state index contributed by atoms with van der Waals surface area (Å²) in [6.07, 6.45) is 2.58. The number of nitrogens with one attached hydrogen (secondary N) is 2. The molecule has 0 aliphatic rings. The largest absolute Gasteiger partial charge is 0.508 e. The maximum atomic E-state index is 9.90. The minimum atomic E-state index is 0. The minimum Gasteiger partial charge on any atom is -0.508 e. The summed E-state index contributed by atoms with van der Waals surface area (Å²) in [5.41, 5.74) is 0.740. The van der Waals surface area contributed by atoms with Crippen LogP contribution in [0.25, 0.3) is 0 Å². The molecule has 1 aromatic carbocycles. The number of guanidine groups is 1. The average molecular weight is 460 g/mol. The number of methoxy groups -OCH3 is 1. The first-order chi connectivity index (χ1) is 11.7. The lowest BCUT2D eigenvalue weighted by Gasteiger charge is -2.14. The molecule has 3 N–H and O–H groups in total. The van der Waals surface area contributed by atoms with Gasteiger partial charge >= 0.3 is 0 Å². The number of aryl methyl sites for hydroxylation is 1. The van der Waals surface area contributed by atoms with Crippen LogP contribution in [0.15, 0.2) is 29.5 Å². The Balaban J connectivity index is 0.00000312. The molecule has 0 aliphatic heterocycles. The Kier molecular flexibility index (Phi) is 9.03. The Labute approximate surface area is 164 Å². The van der Waals surface area contributed by atoms with Crippen LogP contribution in [0.3, 0.4) is 0 Å². The Morgan fingerprint density at radius 1 is 1.36 bits per heavy atom. The van der Waals surface area contributed by atoms with E-state index in [4.69, 9.17) is 4.74 Å². The Hall–Kier alpha value is -2.04. The second kappa shape index (κ2) is 10.7. The number of ether oxygens (including phenoxy) is 1. The summed E-state index contributed by atoms with van der Waals surface area (Å²) in [5.74, 6) is 2.53. The number of benzene rings is 1. The van der Waals surface area contributed by atoms with Crippen LogP contribution in [0.4, 0.5) is 0 Å². The highest BCUT2D eigenvalue weighted by atomic mass is 127. The highest BCUT2D eigenvalue weighted by Gasteiger charge is 2.06. The van der Waals surface area contributed by atoms with E-state index in [0.717, 1.165) is 24.4 Å². The summed E-state index contributed by atoms with van der Waals surface area (Å²) in [6, 6.07) is 5.13. The van der Waals surface area contributed by atoms with E-state index in [1.807, 2.05) is 4.57 Å². The van der Waals surface area contributed by atoms with Gasteiger partial charge in [0.25, 0.3) is 0 Å². The zero-order valence-corrected chi connectivity index (χ0v) is 17.0. The molecule has 2 rings (SSSR count). The van der Waals surface area contributed by atoms with Gasteiger partial charge in [0.05, 0.1) is 7.11 Å². The molecule has 0 atom stereocenters. The number of hydrogen-bond acceptors (Lipinski definition) is 5. The molecule has 0 spiro atoms. The summed E-state index contributed by atoms with van der Waals surface area (Å²) < 4.78 is 7.18. The molecule has 0 bridgehead atoms. The summed E-state index contributed by atoms with van der Waals surface area (Å²) in [7, 11) is 3.30. The van der Waals surface area contributed by atoms with Crippen molar-refractivity contribution in [3.05, 3.63) is 35.9 Å². The van der Waals surface area contributed by atoms with Gasteiger partial charge < -0.3 is 25.0 Å². The van der Waals surface area contributed by atoms with Crippen LogP contribution < -0.4 is 15.4 Å². The summed E-state index contributed by atoms with van der Waals surface area (Å²) in [4.78, 5) is 4.18. The molecule has 25 heavy (non-hydrogen) atoms. The molecule has 1 aromatic heterocycles. The molecular formula is C16H25IN6O2. The van der Waals surface area contributed by atoms with Crippen molar-refractivity contribution in [2.75, 3.05) is 20.7 Å². The molecule has 0 saturated carbocycles. The molecule has 1 heterocycles. The van der Waals surface area contributed by atoms with Crippen LogP contribution in [-0.2, 0) is 19.5 Å². The van der Waals surface area contributed by atoms with Gasteiger partial charge in [0.15, 0.2) is 5.96 Å². The fourth-order valence-electron chi connectivity index (χ4n) is 2.26. The average Bonchev–Trinajstić information content (AvgIpc) is 3.06. The first kappa shape index (κ1) is 21.0. The van der Waals surface area contributed by atoms with Crippen molar-refractivity contribution in [1.29, 1.82) is 0 Å². The SMILES string of the molecule is CCc1nncn1CCNC(=NC)NCc1cc(OC)ccc1O.I. The molecule has 0 saturated heterocycles. The third kappa shape index (κ3) is 6.07. The van der Waals surface area contributed by atoms with E-state index in [1.165, 1.54) is 0 Å². The number of aromatic nitrogens is 3. The summed E-state index contributed by atoms with van der Waals surface area (Å²) in [6.45, 7) is 3.93. The number of phenolic OH excluding ortho intramolecular Hbond substituents is 1. The number of rotatable bonds is 7. The van der Waals surface area contributed by atoms with Gasteiger partial charge in [0, 0.05) is 38.7 Å². The van der Waals surface area contributed by atoms with Crippen molar-refractivity contribution in [3.63, 3.8) is 0 Å². The lowest BCUT2D eigenvalue weighted by Crippen LogP contribution is -2.38. The summed E-state index contributed by atoms with van der Waals surface area (Å²) >= 11 is 0. The number of halogens is 1. The first-order valence-electron chi connectivity index (χ1n) is 7.85. The van der Waals surface area contributed by atoms with Gasteiger partial charge in [0.2, 0.25) is 0 Å². The fourth-order valence-corrected chi connectivity index (χ4v) is 2.26.